The first-order valence-electron chi connectivity index (χ1n) is 11.2. The Morgan fingerprint density at radius 1 is 1.25 bits per heavy atom. The number of rotatable bonds is 8. The third-order valence-electron chi connectivity index (χ3n) is 5.94. The number of benzene rings is 2. The Labute approximate surface area is 188 Å². The molecule has 1 saturated heterocycles. The fraction of sp³-hybridized carbons (Fsp3) is 0.417. The number of hydrogen-bond donors (Lipinski definition) is 4. The molecule has 4 N–H and O–H groups in total. The second-order valence-electron chi connectivity index (χ2n) is 8.25. The molecular formula is C24H31N5O3. The van der Waals surface area contributed by atoms with Crippen LogP contribution in [0.2, 0.25) is 0 Å². The van der Waals surface area contributed by atoms with Gasteiger partial charge in [-0.15, -0.1) is 0 Å². The number of urea groups is 2. The smallest absolute Gasteiger partial charge is 0.319 e. The number of aryl methyl sites for hydroxylation is 2. The molecule has 1 fully saturated rings. The van der Waals surface area contributed by atoms with Crippen molar-refractivity contribution in [2.24, 2.45) is 0 Å². The monoisotopic (exact) mass is 437 g/mol. The van der Waals surface area contributed by atoms with Crippen LogP contribution in [0.3, 0.4) is 0 Å². The maximum absolute atomic E-state index is 12.3. The number of anilines is 2. The molecule has 32 heavy (non-hydrogen) atoms. The van der Waals surface area contributed by atoms with Gasteiger partial charge in [0.2, 0.25) is 0 Å². The molecule has 2 heterocycles. The van der Waals surface area contributed by atoms with Crippen molar-refractivity contribution in [2.75, 3.05) is 43.4 Å². The summed E-state index contributed by atoms with van der Waals surface area (Å²) in [5.74, 6) is 0.719. The predicted octanol–water partition coefficient (Wildman–Crippen LogP) is 3.34. The van der Waals surface area contributed by atoms with Gasteiger partial charge in [-0.2, -0.15) is 0 Å². The van der Waals surface area contributed by atoms with Gasteiger partial charge in [0, 0.05) is 37.1 Å². The number of fused-ring (bicyclic) bond motifs is 1. The molecule has 2 aromatic rings. The fourth-order valence-electron chi connectivity index (χ4n) is 4.11. The third-order valence-corrected chi connectivity index (χ3v) is 5.94. The van der Waals surface area contributed by atoms with E-state index in [9.17, 15) is 9.59 Å². The van der Waals surface area contributed by atoms with E-state index in [1.54, 1.807) is 4.90 Å². The number of carbonyl (C=O) groups is 2. The highest BCUT2D eigenvalue weighted by molar-refractivity contribution is 5.90. The molecule has 0 aromatic heterocycles. The van der Waals surface area contributed by atoms with Crippen molar-refractivity contribution in [3.63, 3.8) is 0 Å². The van der Waals surface area contributed by atoms with Crippen LogP contribution in [-0.2, 0) is 6.42 Å². The number of amides is 4. The fourth-order valence-corrected chi connectivity index (χ4v) is 4.11. The van der Waals surface area contributed by atoms with Crippen molar-refractivity contribution in [2.45, 2.75) is 32.2 Å². The van der Waals surface area contributed by atoms with Crippen molar-refractivity contribution in [1.82, 2.24) is 15.5 Å². The Morgan fingerprint density at radius 3 is 2.94 bits per heavy atom. The summed E-state index contributed by atoms with van der Waals surface area (Å²) < 4.78 is 5.76. The van der Waals surface area contributed by atoms with Crippen LogP contribution in [0, 0.1) is 6.92 Å². The Bertz CT molecular complexity index is 964. The van der Waals surface area contributed by atoms with Gasteiger partial charge < -0.3 is 30.9 Å². The van der Waals surface area contributed by atoms with Crippen LogP contribution in [0.25, 0.3) is 0 Å². The average molecular weight is 438 g/mol. The highest BCUT2D eigenvalue weighted by atomic mass is 16.5. The second-order valence-corrected chi connectivity index (χ2v) is 8.25. The Kier molecular flexibility index (Phi) is 6.99. The van der Waals surface area contributed by atoms with Gasteiger partial charge in [0.05, 0.1) is 6.54 Å². The maximum Gasteiger partial charge on any atom is 0.319 e. The zero-order chi connectivity index (χ0) is 22.3. The minimum absolute atomic E-state index is 0.0422. The Balaban J connectivity index is 1.17. The van der Waals surface area contributed by atoms with Gasteiger partial charge in [-0.25, -0.2) is 9.59 Å². The molecule has 0 saturated carbocycles. The van der Waals surface area contributed by atoms with Crippen molar-refractivity contribution in [1.29, 1.82) is 0 Å². The average Bonchev–Trinajstić information content (AvgIpc) is 3.20. The van der Waals surface area contributed by atoms with Gasteiger partial charge in [-0.3, -0.25) is 0 Å². The number of para-hydroxylation sites is 1. The zero-order valence-electron chi connectivity index (χ0n) is 18.4. The molecule has 170 valence electrons. The molecule has 8 nitrogen and oxygen atoms in total. The van der Waals surface area contributed by atoms with E-state index < -0.39 is 0 Å². The largest absolute Gasteiger partial charge is 0.492 e. The number of ether oxygens (including phenoxy) is 1. The summed E-state index contributed by atoms with van der Waals surface area (Å²) in [6, 6.07) is 14.1. The molecule has 4 rings (SSSR count). The van der Waals surface area contributed by atoms with Gasteiger partial charge in [0.15, 0.2) is 0 Å². The first kappa shape index (κ1) is 21.8. The molecule has 1 atom stereocenters. The first-order valence-corrected chi connectivity index (χ1v) is 11.2. The van der Waals surface area contributed by atoms with Crippen LogP contribution in [0.4, 0.5) is 21.0 Å². The van der Waals surface area contributed by atoms with Gasteiger partial charge in [-0.1, -0.05) is 18.2 Å². The number of nitrogens with zero attached hydrogens (tertiary/aromatic N) is 1. The summed E-state index contributed by atoms with van der Waals surface area (Å²) in [4.78, 5) is 25.6. The van der Waals surface area contributed by atoms with Gasteiger partial charge >= 0.3 is 12.1 Å². The van der Waals surface area contributed by atoms with Crippen molar-refractivity contribution >= 4 is 23.4 Å². The van der Waals surface area contributed by atoms with Crippen LogP contribution in [0.15, 0.2) is 42.5 Å². The van der Waals surface area contributed by atoms with Gasteiger partial charge in [-0.05, 0) is 61.6 Å². The van der Waals surface area contributed by atoms with E-state index in [4.69, 9.17) is 4.74 Å². The lowest BCUT2D eigenvalue weighted by molar-refractivity contribution is 0.202. The van der Waals surface area contributed by atoms with Gasteiger partial charge in [0.25, 0.3) is 0 Å². The molecule has 0 radical (unpaired) electrons. The van der Waals surface area contributed by atoms with Crippen molar-refractivity contribution < 1.29 is 14.3 Å². The molecule has 1 unspecified atom stereocenters. The molecular weight excluding hydrogens is 406 g/mol. The molecule has 2 aliphatic heterocycles. The number of carbonyl (C=O) groups excluding carboxylic acids is 2. The first-order chi connectivity index (χ1) is 15.6. The molecule has 4 amide bonds. The number of nitrogens with one attached hydrogen (secondary N) is 4. The molecule has 0 bridgehead atoms. The Hall–Kier alpha value is -3.42. The standard InChI is InChI=1S/C24H31N5O3/c1-17-16-20(32-15-14-29-13-12-26-24(29)31)8-9-21(17)28-23(30)25-11-10-19-7-6-18-4-2-3-5-22(18)27-19/h2-5,8-9,16,19,27H,6-7,10-15H2,1H3,(H,26,31)(H2,25,28,30). The van der Waals surface area contributed by atoms with E-state index in [0.717, 1.165) is 36.3 Å². The summed E-state index contributed by atoms with van der Waals surface area (Å²) in [5, 5.41) is 12.2. The molecule has 2 aromatic carbocycles. The van der Waals surface area contributed by atoms with Crippen LogP contribution < -0.4 is 26.0 Å². The topological polar surface area (TPSA) is 94.7 Å². The van der Waals surface area contributed by atoms with E-state index in [1.807, 2.05) is 31.2 Å². The van der Waals surface area contributed by atoms with Crippen LogP contribution in [-0.4, -0.2) is 55.8 Å². The van der Waals surface area contributed by atoms with E-state index >= 15 is 0 Å². The summed E-state index contributed by atoms with van der Waals surface area (Å²) in [5.41, 5.74) is 4.23. The van der Waals surface area contributed by atoms with Gasteiger partial charge in [0.1, 0.15) is 12.4 Å². The summed E-state index contributed by atoms with van der Waals surface area (Å²) in [6.07, 6.45) is 3.02. The lowest BCUT2D eigenvalue weighted by atomic mass is 9.96. The minimum Gasteiger partial charge on any atom is -0.492 e. The summed E-state index contributed by atoms with van der Waals surface area (Å²) in [7, 11) is 0. The van der Waals surface area contributed by atoms with Crippen LogP contribution >= 0.6 is 0 Å². The summed E-state index contributed by atoms with van der Waals surface area (Å²) >= 11 is 0. The molecule has 8 heteroatoms. The summed E-state index contributed by atoms with van der Waals surface area (Å²) in [6.45, 7) is 4.92. The van der Waals surface area contributed by atoms with Crippen molar-refractivity contribution in [3.8, 4) is 5.75 Å². The third kappa shape index (κ3) is 5.63. The second kappa shape index (κ2) is 10.3. The quantitative estimate of drug-likeness (QED) is 0.510. The van der Waals surface area contributed by atoms with E-state index in [1.165, 1.54) is 11.3 Å². The lowest BCUT2D eigenvalue weighted by Crippen LogP contribution is -2.34. The minimum atomic E-state index is -0.210. The van der Waals surface area contributed by atoms with E-state index in [0.29, 0.717) is 38.8 Å². The van der Waals surface area contributed by atoms with E-state index in [2.05, 4.69) is 39.5 Å². The highest BCUT2D eigenvalue weighted by Crippen LogP contribution is 2.25. The Morgan fingerprint density at radius 2 is 2.12 bits per heavy atom. The SMILES string of the molecule is Cc1cc(OCCN2CCNC2=O)ccc1NC(=O)NCCC1CCc2ccccc2N1. The van der Waals surface area contributed by atoms with E-state index in [-0.39, 0.29) is 12.1 Å². The highest BCUT2D eigenvalue weighted by Gasteiger charge is 2.19. The van der Waals surface area contributed by atoms with Crippen LogP contribution in [0.1, 0.15) is 24.0 Å². The normalized spacial score (nSPS) is 17.2. The maximum atomic E-state index is 12.3. The molecule has 0 aliphatic carbocycles. The molecule has 2 aliphatic rings. The van der Waals surface area contributed by atoms with Crippen LogP contribution in [0.5, 0.6) is 5.75 Å². The molecule has 0 spiro atoms. The number of hydrogen-bond acceptors (Lipinski definition) is 4. The van der Waals surface area contributed by atoms with Crippen molar-refractivity contribution in [3.05, 3.63) is 53.6 Å². The predicted molar refractivity (Wildman–Crippen MR) is 125 cm³/mol. The lowest BCUT2D eigenvalue weighted by Gasteiger charge is -2.27. The zero-order valence-corrected chi connectivity index (χ0v) is 18.4.